The van der Waals surface area contributed by atoms with Gasteiger partial charge in [-0.15, -0.1) is 0 Å². The number of aromatic amines is 1. The van der Waals surface area contributed by atoms with Crippen LogP contribution < -0.4 is 10.3 Å². The van der Waals surface area contributed by atoms with Gasteiger partial charge in [0.25, 0.3) is 5.56 Å². The van der Waals surface area contributed by atoms with E-state index in [1.165, 1.54) is 18.2 Å². The highest BCUT2D eigenvalue weighted by molar-refractivity contribution is 5.70. The predicted octanol–water partition coefficient (Wildman–Crippen LogP) is 4.08. The van der Waals surface area contributed by atoms with Gasteiger partial charge in [-0.05, 0) is 36.8 Å². The van der Waals surface area contributed by atoms with Gasteiger partial charge in [0.05, 0.1) is 0 Å². The maximum atomic E-state index is 14.4. The Labute approximate surface area is 148 Å². The SMILES string of the molecule is Cc1cc(-c2ccc(OCc3ccccc3F)c(F)c2)c(C#N)c(=O)[nH]1. The van der Waals surface area contributed by atoms with Crippen LogP contribution in [0.3, 0.4) is 0 Å². The van der Waals surface area contributed by atoms with E-state index in [0.29, 0.717) is 22.4 Å². The van der Waals surface area contributed by atoms with Crippen molar-refractivity contribution in [3.8, 4) is 22.9 Å². The molecular weight excluding hydrogens is 338 g/mol. The molecule has 1 N–H and O–H groups in total. The van der Waals surface area contributed by atoms with Crippen LogP contribution in [-0.4, -0.2) is 4.98 Å². The van der Waals surface area contributed by atoms with Crippen molar-refractivity contribution in [2.24, 2.45) is 0 Å². The summed E-state index contributed by atoms with van der Waals surface area (Å²) in [4.78, 5) is 14.4. The number of aromatic nitrogens is 1. The fourth-order valence-corrected chi connectivity index (χ4v) is 2.58. The summed E-state index contributed by atoms with van der Waals surface area (Å²) in [6.07, 6.45) is 0. The summed E-state index contributed by atoms with van der Waals surface area (Å²) in [6, 6.07) is 13.7. The first kappa shape index (κ1) is 17.4. The van der Waals surface area contributed by atoms with Crippen molar-refractivity contribution in [2.75, 3.05) is 0 Å². The number of H-pyrrole nitrogens is 1. The highest BCUT2D eigenvalue weighted by Gasteiger charge is 2.13. The first-order valence-corrected chi connectivity index (χ1v) is 7.79. The van der Waals surface area contributed by atoms with Gasteiger partial charge in [-0.25, -0.2) is 8.78 Å². The number of hydrogen-bond acceptors (Lipinski definition) is 3. The largest absolute Gasteiger partial charge is 0.486 e. The van der Waals surface area contributed by atoms with Gasteiger partial charge in [0.15, 0.2) is 11.6 Å². The third-order valence-corrected chi connectivity index (χ3v) is 3.86. The van der Waals surface area contributed by atoms with Gasteiger partial charge >= 0.3 is 0 Å². The van der Waals surface area contributed by atoms with Crippen LogP contribution in [0.15, 0.2) is 53.3 Å². The lowest BCUT2D eigenvalue weighted by atomic mass is 10.0. The van der Waals surface area contributed by atoms with E-state index in [0.717, 1.165) is 0 Å². The van der Waals surface area contributed by atoms with E-state index in [1.54, 1.807) is 37.3 Å². The Balaban J connectivity index is 1.91. The number of aryl methyl sites for hydroxylation is 1. The minimum Gasteiger partial charge on any atom is -0.486 e. The minimum absolute atomic E-state index is 0.0444. The van der Waals surface area contributed by atoms with Gasteiger partial charge < -0.3 is 9.72 Å². The molecule has 0 aliphatic heterocycles. The molecule has 0 unspecified atom stereocenters. The molecule has 0 saturated heterocycles. The average molecular weight is 352 g/mol. The van der Waals surface area contributed by atoms with Crippen LogP contribution in [0.1, 0.15) is 16.8 Å². The molecule has 3 aromatic rings. The van der Waals surface area contributed by atoms with Gasteiger partial charge in [-0.2, -0.15) is 5.26 Å². The summed E-state index contributed by atoms with van der Waals surface area (Å²) < 4.78 is 33.3. The number of halogens is 2. The van der Waals surface area contributed by atoms with Crippen molar-refractivity contribution in [3.63, 3.8) is 0 Å². The average Bonchev–Trinajstić information content (AvgIpc) is 2.61. The molecule has 0 atom stereocenters. The second-order valence-electron chi connectivity index (χ2n) is 5.71. The summed E-state index contributed by atoms with van der Waals surface area (Å²) >= 11 is 0. The van der Waals surface area contributed by atoms with E-state index in [4.69, 9.17) is 4.74 Å². The molecule has 0 spiro atoms. The monoisotopic (exact) mass is 352 g/mol. The Morgan fingerprint density at radius 2 is 1.88 bits per heavy atom. The number of nitrogens with zero attached hydrogens (tertiary/aromatic N) is 1. The molecule has 0 aliphatic carbocycles. The van der Waals surface area contributed by atoms with E-state index in [1.807, 2.05) is 6.07 Å². The van der Waals surface area contributed by atoms with Crippen LogP contribution in [0, 0.1) is 29.9 Å². The van der Waals surface area contributed by atoms with Crippen molar-refractivity contribution in [3.05, 3.63) is 87.3 Å². The van der Waals surface area contributed by atoms with Crippen molar-refractivity contribution in [2.45, 2.75) is 13.5 Å². The normalized spacial score (nSPS) is 10.4. The van der Waals surface area contributed by atoms with Crippen LogP contribution in [0.2, 0.25) is 0 Å². The van der Waals surface area contributed by atoms with Gasteiger partial charge in [0.1, 0.15) is 24.1 Å². The highest BCUT2D eigenvalue weighted by atomic mass is 19.1. The maximum Gasteiger partial charge on any atom is 0.266 e. The Bertz CT molecular complexity index is 1070. The van der Waals surface area contributed by atoms with E-state index in [9.17, 15) is 18.8 Å². The molecule has 1 aromatic heterocycles. The molecule has 26 heavy (non-hydrogen) atoms. The summed E-state index contributed by atoms with van der Waals surface area (Å²) in [5.41, 5.74) is 0.981. The molecule has 3 rings (SSSR count). The zero-order valence-electron chi connectivity index (χ0n) is 13.8. The third-order valence-electron chi connectivity index (χ3n) is 3.86. The lowest BCUT2D eigenvalue weighted by Crippen LogP contribution is -2.12. The number of ether oxygens (including phenoxy) is 1. The second kappa shape index (κ2) is 7.19. The fraction of sp³-hybridized carbons (Fsp3) is 0.100. The summed E-state index contributed by atoms with van der Waals surface area (Å²) in [6.45, 7) is 1.56. The van der Waals surface area contributed by atoms with Gasteiger partial charge in [0.2, 0.25) is 0 Å². The molecular formula is C20H14F2N2O2. The predicted molar refractivity (Wildman–Crippen MR) is 92.6 cm³/mol. The quantitative estimate of drug-likeness (QED) is 0.769. The van der Waals surface area contributed by atoms with Crippen molar-refractivity contribution >= 4 is 0 Å². The summed E-state index contributed by atoms with van der Waals surface area (Å²) in [5.74, 6) is -1.14. The molecule has 0 aliphatic rings. The molecule has 0 fully saturated rings. The molecule has 1 heterocycles. The van der Waals surface area contributed by atoms with E-state index in [2.05, 4.69) is 4.98 Å². The molecule has 0 amide bonds. The van der Waals surface area contributed by atoms with Crippen molar-refractivity contribution in [1.82, 2.24) is 4.98 Å². The van der Waals surface area contributed by atoms with Gasteiger partial charge in [-0.1, -0.05) is 24.3 Å². The van der Waals surface area contributed by atoms with Crippen LogP contribution in [0.25, 0.3) is 11.1 Å². The Hall–Kier alpha value is -3.46. The van der Waals surface area contributed by atoms with Crippen LogP contribution in [0.4, 0.5) is 8.78 Å². The zero-order valence-corrected chi connectivity index (χ0v) is 13.8. The molecule has 0 bridgehead atoms. The van der Waals surface area contributed by atoms with Crippen LogP contribution >= 0.6 is 0 Å². The Kier molecular flexibility index (Phi) is 4.81. The molecule has 4 nitrogen and oxygen atoms in total. The first-order valence-electron chi connectivity index (χ1n) is 7.79. The number of rotatable bonds is 4. The van der Waals surface area contributed by atoms with Gasteiger partial charge in [0, 0.05) is 16.8 Å². The van der Waals surface area contributed by atoms with Crippen molar-refractivity contribution < 1.29 is 13.5 Å². The first-order chi connectivity index (χ1) is 12.5. The van der Waals surface area contributed by atoms with Crippen molar-refractivity contribution in [1.29, 1.82) is 5.26 Å². The third kappa shape index (κ3) is 3.47. The van der Waals surface area contributed by atoms with Crippen LogP contribution in [-0.2, 0) is 6.61 Å². The molecule has 0 radical (unpaired) electrons. The fourth-order valence-electron chi connectivity index (χ4n) is 2.58. The number of nitriles is 1. The number of nitrogens with one attached hydrogen (secondary N) is 1. The van der Waals surface area contributed by atoms with E-state index >= 15 is 0 Å². The zero-order chi connectivity index (χ0) is 18.7. The molecule has 130 valence electrons. The molecule has 0 saturated carbocycles. The van der Waals surface area contributed by atoms with Gasteiger partial charge in [-0.3, -0.25) is 4.79 Å². The lowest BCUT2D eigenvalue weighted by Gasteiger charge is -2.10. The Morgan fingerprint density at radius 1 is 1.12 bits per heavy atom. The summed E-state index contributed by atoms with van der Waals surface area (Å²) in [7, 11) is 0. The molecule has 2 aromatic carbocycles. The van der Waals surface area contributed by atoms with E-state index in [-0.39, 0.29) is 17.9 Å². The number of pyridine rings is 1. The maximum absolute atomic E-state index is 14.4. The second-order valence-corrected chi connectivity index (χ2v) is 5.71. The highest BCUT2D eigenvalue weighted by Crippen LogP contribution is 2.27. The number of benzene rings is 2. The topological polar surface area (TPSA) is 65.9 Å². The minimum atomic E-state index is -0.666. The molecule has 6 heteroatoms. The lowest BCUT2D eigenvalue weighted by molar-refractivity contribution is 0.285. The Morgan fingerprint density at radius 3 is 2.58 bits per heavy atom. The number of hydrogen-bond donors (Lipinski definition) is 1. The van der Waals surface area contributed by atoms with Crippen LogP contribution in [0.5, 0.6) is 5.75 Å². The standard InChI is InChI=1S/C20H14F2N2O2/c1-12-8-15(16(10-23)20(25)24-12)13-6-7-19(18(22)9-13)26-11-14-4-2-3-5-17(14)21/h2-9H,11H2,1H3,(H,24,25). The summed E-state index contributed by atoms with van der Waals surface area (Å²) in [5, 5.41) is 9.19. The smallest absolute Gasteiger partial charge is 0.266 e. The van der Waals surface area contributed by atoms with E-state index < -0.39 is 17.2 Å².